The van der Waals surface area contributed by atoms with Gasteiger partial charge in [-0.15, -0.1) is 0 Å². The van der Waals surface area contributed by atoms with Gasteiger partial charge in [0, 0.05) is 40.9 Å². The molecule has 11 rings (SSSR count). The minimum absolute atomic E-state index is 0.871. The average molecular weight is 785 g/mol. The smallest absolute Gasteiger partial charge is 0.168 e. The molecule has 0 spiro atoms. The van der Waals surface area contributed by atoms with Crippen LogP contribution in [-0.4, -0.2) is 18.7 Å². The summed E-state index contributed by atoms with van der Waals surface area (Å²) in [7, 11) is 0. The van der Waals surface area contributed by atoms with Crippen molar-refractivity contribution >= 4 is 49.9 Å². The monoisotopic (exact) mass is 784 g/mol. The molecule has 5 nitrogen and oxygen atoms in total. The zero-order valence-corrected chi connectivity index (χ0v) is 34.0. The molecule has 0 radical (unpaired) electrons. The predicted molar refractivity (Wildman–Crippen MR) is 254 cm³/mol. The number of aromatic nitrogens is 4. The fourth-order valence-corrected chi connectivity index (χ4v) is 9.12. The molecule has 0 bridgehead atoms. The van der Waals surface area contributed by atoms with Crippen molar-refractivity contribution in [1.82, 2.24) is 18.7 Å². The molecule has 61 heavy (non-hydrogen) atoms. The number of hydrogen-bond donors (Lipinski definition) is 0. The van der Waals surface area contributed by atoms with Gasteiger partial charge in [-0.1, -0.05) is 133 Å². The van der Waals surface area contributed by atoms with Crippen LogP contribution in [0.3, 0.4) is 0 Å². The van der Waals surface area contributed by atoms with Gasteiger partial charge in [0.05, 0.1) is 22.4 Å². The topological polar surface area (TPSA) is 30.9 Å². The lowest BCUT2D eigenvalue weighted by Crippen LogP contribution is -2.13. The highest BCUT2D eigenvalue weighted by Crippen LogP contribution is 2.43. The van der Waals surface area contributed by atoms with Gasteiger partial charge in [-0.05, 0) is 102 Å². The maximum absolute atomic E-state index is 5.07. The third-order valence-electron chi connectivity index (χ3n) is 11.9. The summed E-state index contributed by atoms with van der Waals surface area (Å²) < 4.78 is 6.89. The molecule has 0 aliphatic heterocycles. The maximum atomic E-state index is 5.07. The van der Waals surface area contributed by atoms with Crippen LogP contribution in [0.2, 0.25) is 0 Å². The third kappa shape index (κ3) is 6.26. The molecule has 0 atom stereocenters. The Labute approximate surface area is 355 Å². The van der Waals surface area contributed by atoms with Crippen molar-refractivity contribution in [2.45, 2.75) is 13.8 Å². The van der Waals surface area contributed by atoms with Gasteiger partial charge >= 0.3 is 0 Å². The van der Waals surface area contributed by atoms with Gasteiger partial charge in [0.1, 0.15) is 17.2 Å². The third-order valence-corrected chi connectivity index (χ3v) is 11.9. The molecular weight excluding hydrogens is 743 g/mol. The Morgan fingerprint density at radius 2 is 1.00 bits per heavy atom. The van der Waals surface area contributed by atoms with Gasteiger partial charge in [-0.25, -0.2) is 4.98 Å². The molecular formula is C56H42N5+. The predicted octanol–water partition coefficient (Wildman–Crippen LogP) is 14.6. The van der Waals surface area contributed by atoms with Crippen molar-refractivity contribution in [3.63, 3.8) is 0 Å². The van der Waals surface area contributed by atoms with Gasteiger partial charge in [0.15, 0.2) is 17.4 Å². The lowest BCUT2D eigenvalue weighted by molar-refractivity contribution is 1.01. The normalized spacial score (nSPS) is 11.4. The van der Waals surface area contributed by atoms with E-state index in [1.54, 1.807) is 0 Å². The number of fused-ring (bicyclic) bond motifs is 4. The number of benzene rings is 8. The zero-order valence-electron chi connectivity index (χ0n) is 34.0. The van der Waals surface area contributed by atoms with Gasteiger partial charge in [0.25, 0.3) is 0 Å². The first-order chi connectivity index (χ1) is 30.1. The number of imidazole rings is 1. The van der Waals surface area contributed by atoms with E-state index in [4.69, 9.17) is 4.98 Å². The van der Waals surface area contributed by atoms with Crippen LogP contribution >= 0.6 is 0 Å². The second kappa shape index (κ2) is 15.0. The fraction of sp³-hybridized carbons (Fsp3) is 0.0357. The largest absolute Gasteiger partial charge is 0.309 e. The Bertz CT molecular complexity index is 3380. The summed E-state index contributed by atoms with van der Waals surface area (Å²) in [5, 5.41) is 2.36. The number of pyridine rings is 1. The maximum Gasteiger partial charge on any atom is 0.168 e. The number of rotatable bonds is 8. The number of para-hydroxylation sites is 5. The molecule has 0 aliphatic rings. The first-order valence-electron chi connectivity index (χ1n) is 20.8. The lowest BCUT2D eigenvalue weighted by Gasteiger charge is -2.29. The van der Waals surface area contributed by atoms with Crippen molar-refractivity contribution in [2.24, 2.45) is 0 Å². The van der Waals surface area contributed by atoms with Gasteiger partial charge in [-0.2, -0.15) is 9.13 Å². The van der Waals surface area contributed by atoms with Gasteiger partial charge in [-0.3, -0.25) is 4.57 Å². The first kappa shape index (κ1) is 36.1. The van der Waals surface area contributed by atoms with Crippen LogP contribution in [0.1, 0.15) is 11.1 Å². The molecule has 11 aromatic rings. The highest BCUT2D eigenvalue weighted by Gasteiger charge is 2.23. The number of anilines is 3. The molecule has 3 aromatic heterocycles. The number of nitrogens with zero attached hydrogens (tertiary/aromatic N) is 5. The highest BCUT2D eigenvalue weighted by molar-refractivity contribution is 6.10. The minimum atomic E-state index is 0.871. The van der Waals surface area contributed by atoms with E-state index in [9.17, 15) is 0 Å². The molecule has 5 heteroatoms. The Balaban J connectivity index is 1.10. The van der Waals surface area contributed by atoms with E-state index in [0.29, 0.717) is 0 Å². The molecule has 3 heterocycles. The van der Waals surface area contributed by atoms with Crippen LogP contribution in [0.25, 0.3) is 72.3 Å². The Kier molecular flexibility index (Phi) is 8.86. The molecule has 0 saturated heterocycles. The number of aryl methyl sites for hydroxylation is 2. The van der Waals surface area contributed by atoms with Crippen molar-refractivity contribution < 1.29 is 0 Å². The zero-order chi connectivity index (χ0) is 40.9. The van der Waals surface area contributed by atoms with Crippen molar-refractivity contribution in [3.05, 3.63) is 230 Å². The van der Waals surface area contributed by atoms with E-state index in [2.05, 4.69) is 245 Å². The molecule has 0 saturated carbocycles. The summed E-state index contributed by atoms with van der Waals surface area (Å²) in [6, 6.07) is 73.8. The Morgan fingerprint density at radius 1 is 0.426 bits per heavy atom. The summed E-state index contributed by atoms with van der Waals surface area (Å²) in [6.07, 6.45) is 4.14. The van der Waals surface area contributed by atoms with E-state index in [1.807, 2.05) is 6.20 Å². The molecule has 8 aromatic carbocycles. The number of hydrogen-bond acceptors (Lipinski definition) is 2. The van der Waals surface area contributed by atoms with E-state index in [0.717, 1.165) is 61.9 Å². The molecule has 0 unspecified atom stereocenters. The van der Waals surface area contributed by atoms with Gasteiger partial charge < -0.3 is 4.90 Å². The summed E-state index contributed by atoms with van der Waals surface area (Å²) in [5.41, 5.74) is 17.0. The summed E-state index contributed by atoms with van der Waals surface area (Å²) >= 11 is 0. The molecule has 0 amide bonds. The quantitative estimate of drug-likeness (QED) is 0.144. The van der Waals surface area contributed by atoms with E-state index in [1.165, 1.54) is 38.6 Å². The Hall–Kier alpha value is -8.02. The lowest BCUT2D eigenvalue weighted by atomic mass is 9.95. The summed E-state index contributed by atoms with van der Waals surface area (Å²) in [5.74, 6) is 0.871. The fourth-order valence-electron chi connectivity index (χ4n) is 9.12. The van der Waals surface area contributed by atoms with Crippen molar-refractivity contribution in [1.29, 1.82) is 0 Å². The van der Waals surface area contributed by atoms with E-state index >= 15 is 0 Å². The highest BCUT2D eigenvalue weighted by atomic mass is 15.2. The van der Waals surface area contributed by atoms with Crippen LogP contribution in [0, 0.1) is 13.8 Å². The molecule has 0 aliphatic carbocycles. The van der Waals surface area contributed by atoms with Crippen LogP contribution in [0.15, 0.2) is 219 Å². The van der Waals surface area contributed by atoms with Crippen LogP contribution in [-0.2, 0) is 0 Å². The average Bonchev–Trinajstić information content (AvgIpc) is 3.87. The van der Waals surface area contributed by atoms with Crippen LogP contribution in [0.5, 0.6) is 0 Å². The summed E-state index contributed by atoms with van der Waals surface area (Å²) in [6.45, 7) is 4.42. The SMILES string of the molecule is Cc1cccc(C)c1N(c1cccc(-n2[cH+]n(-c3ccccc3)c3ccccc32)c1)c1ccc2c3ccccc3n(-c3cc(-c4ccccc4-c4ccccc4)ccn3)c2c1. The molecule has 290 valence electrons. The standard InChI is InChI=1S/C56H42N5/c1-39-17-15-18-40(2)56(39)60(45-24-16-23-44(36-45)59-38-58(43-21-7-4-8-22-43)52-29-13-14-30-53(52)59)46-31-32-50-49-27-11-12-28-51(49)61(54(50)37-46)55-35-42(33-34-57-55)48-26-10-9-25-47(48)41-19-5-3-6-20-41/h3-38H,1-2H3/q+1. The van der Waals surface area contributed by atoms with Gasteiger partial charge in [0.2, 0.25) is 0 Å². The Morgan fingerprint density at radius 3 is 1.75 bits per heavy atom. The second-order valence-corrected chi connectivity index (χ2v) is 15.6. The minimum Gasteiger partial charge on any atom is -0.309 e. The first-order valence-corrected chi connectivity index (χ1v) is 20.8. The molecule has 0 N–H and O–H groups in total. The van der Waals surface area contributed by atoms with Crippen molar-refractivity contribution in [2.75, 3.05) is 4.90 Å². The van der Waals surface area contributed by atoms with Crippen LogP contribution in [0.4, 0.5) is 17.1 Å². The molecule has 0 fully saturated rings. The van der Waals surface area contributed by atoms with Crippen LogP contribution < -0.4 is 4.90 Å². The van der Waals surface area contributed by atoms with E-state index in [-0.39, 0.29) is 0 Å². The van der Waals surface area contributed by atoms with Crippen molar-refractivity contribution in [3.8, 4) is 39.4 Å². The summed E-state index contributed by atoms with van der Waals surface area (Å²) in [4.78, 5) is 7.49. The second-order valence-electron chi connectivity index (χ2n) is 15.6. The van der Waals surface area contributed by atoms with E-state index < -0.39 is 0 Å².